The molecular formula is C7H13BrN4O4S2. The Morgan fingerprint density at radius 3 is 2.28 bits per heavy atom. The van der Waals surface area contributed by atoms with Crippen LogP contribution in [0.2, 0.25) is 0 Å². The minimum absolute atomic E-state index is 0.0937. The second-order valence-corrected chi connectivity index (χ2v) is 8.74. The summed E-state index contributed by atoms with van der Waals surface area (Å²) >= 11 is 2.99. The Hall–Kier alpha value is -0.520. The number of aromatic nitrogens is 3. The molecule has 0 aromatic carbocycles. The fourth-order valence-electron chi connectivity index (χ4n) is 1.16. The van der Waals surface area contributed by atoms with Crippen LogP contribution in [0.25, 0.3) is 0 Å². The van der Waals surface area contributed by atoms with Crippen molar-refractivity contribution in [2.75, 3.05) is 25.6 Å². The molecule has 0 spiro atoms. The van der Waals surface area contributed by atoms with Crippen LogP contribution in [-0.4, -0.2) is 61.7 Å². The highest BCUT2D eigenvalue weighted by Crippen LogP contribution is 2.20. The van der Waals surface area contributed by atoms with Crippen LogP contribution in [0.4, 0.5) is 0 Å². The van der Waals surface area contributed by atoms with Gasteiger partial charge in [-0.25, -0.2) is 21.5 Å². The van der Waals surface area contributed by atoms with Crippen molar-refractivity contribution in [3.8, 4) is 0 Å². The summed E-state index contributed by atoms with van der Waals surface area (Å²) in [5.41, 5.74) is 0. The highest BCUT2D eigenvalue weighted by molar-refractivity contribution is 9.10. The minimum Gasteiger partial charge on any atom is -0.235 e. The molecule has 8 nitrogen and oxygen atoms in total. The van der Waals surface area contributed by atoms with Crippen LogP contribution in [-0.2, 0) is 26.9 Å². The molecule has 0 amide bonds. The summed E-state index contributed by atoms with van der Waals surface area (Å²) in [5.74, 6) is -0.244. The van der Waals surface area contributed by atoms with Gasteiger partial charge in [-0.3, -0.25) is 0 Å². The fourth-order valence-corrected chi connectivity index (χ4v) is 4.07. The minimum atomic E-state index is -3.82. The first-order valence-corrected chi connectivity index (χ1v) is 9.04. The number of nitrogens with zero attached hydrogens (tertiary/aromatic N) is 4. The Morgan fingerprint density at radius 1 is 1.33 bits per heavy atom. The Morgan fingerprint density at radius 2 is 1.89 bits per heavy atom. The van der Waals surface area contributed by atoms with E-state index in [2.05, 4.69) is 26.2 Å². The molecule has 0 aliphatic rings. The third-order valence-electron chi connectivity index (χ3n) is 2.17. The molecule has 0 saturated heterocycles. The van der Waals surface area contributed by atoms with Gasteiger partial charge in [0.25, 0.3) is 10.0 Å². The van der Waals surface area contributed by atoms with E-state index < -0.39 is 19.9 Å². The largest absolute Gasteiger partial charge is 0.262 e. The lowest BCUT2D eigenvalue weighted by Crippen LogP contribution is -2.32. The van der Waals surface area contributed by atoms with E-state index >= 15 is 0 Å². The zero-order chi connectivity index (χ0) is 14.1. The second-order valence-electron chi connectivity index (χ2n) is 3.77. The van der Waals surface area contributed by atoms with Crippen molar-refractivity contribution < 1.29 is 16.8 Å². The molecule has 0 unspecified atom stereocenters. The highest BCUT2D eigenvalue weighted by atomic mass is 79.9. The molecule has 0 N–H and O–H groups in total. The van der Waals surface area contributed by atoms with Crippen LogP contribution in [0.1, 0.15) is 0 Å². The quantitative estimate of drug-likeness (QED) is 0.683. The molecule has 0 atom stereocenters. The molecule has 0 bridgehead atoms. The number of sulfonamides is 1. The van der Waals surface area contributed by atoms with Crippen molar-refractivity contribution in [2.24, 2.45) is 7.05 Å². The van der Waals surface area contributed by atoms with Gasteiger partial charge in [-0.15, -0.1) is 5.10 Å². The molecule has 0 fully saturated rings. The lowest BCUT2D eigenvalue weighted by Gasteiger charge is -2.16. The normalized spacial score (nSPS) is 13.2. The van der Waals surface area contributed by atoms with Gasteiger partial charge >= 0.3 is 0 Å². The molecular weight excluding hydrogens is 348 g/mol. The second kappa shape index (κ2) is 5.23. The van der Waals surface area contributed by atoms with Gasteiger partial charge in [0.15, 0.2) is 4.60 Å². The Labute approximate surface area is 114 Å². The first-order chi connectivity index (χ1) is 8.05. The van der Waals surface area contributed by atoms with Gasteiger partial charge in [-0.2, -0.15) is 4.31 Å². The highest BCUT2D eigenvalue weighted by Gasteiger charge is 2.28. The predicted octanol–water partition coefficient (Wildman–Crippen LogP) is -0.757. The molecule has 1 aromatic rings. The Kier molecular flexibility index (Phi) is 4.51. The summed E-state index contributed by atoms with van der Waals surface area (Å²) in [5, 5.41) is 7.04. The van der Waals surface area contributed by atoms with Crippen LogP contribution >= 0.6 is 15.9 Å². The summed E-state index contributed by atoms with van der Waals surface area (Å²) in [6.07, 6.45) is 1.05. The molecule has 0 aliphatic carbocycles. The average Bonchev–Trinajstić information content (AvgIpc) is 2.54. The standard InChI is InChI=1S/C7H13BrN4O4S2/c1-11(4-5-17(3,13)14)18(15,16)7-6(8)9-10-12(7)2/h4-5H2,1-3H3. The smallest absolute Gasteiger partial charge is 0.235 e. The van der Waals surface area contributed by atoms with Crippen LogP contribution in [0.3, 0.4) is 0 Å². The van der Waals surface area contributed by atoms with Gasteiger partial charge in [0.1, 0.15) is 9.84 Å². The topological polar surface area (TPSA) is 102 Å². The molecule has 0 radical (unpaired) electrons. The number of rotatable bonds is 5. The monoisotopic (exact) mass is 360 g/mol. The summed E-state index contributed by atoms with van der Waals surface area (Å²) in [6, 6.07) is 0. The zero-order valence-electron chi connectivity index (χ0n) is 10.0. The molecule has 18 heavy (non-hydrogen) atoms. The third-order valence-corrected chi connectivity index (χ3v) is 5.84. The van der Waals surface area contributed by atoms with E-state index in [1.807, 2.05) is 0 Å². The van der Waals surface area contributed by atoms with Crippen molar-refractivity contribution in [2.45, 2.75) is 5.03 Å². The average molecular weight is 361 g/mol. The van der Waals surface area contributed by atoms with E-state index in [-0.39, 0.29) is 21.9 Å². The summed E-state index contributed by atoms with van der Waals surface area (Å²) in [4.78, 5) is 0. The third kappa shape index (κ3) is 3.49. The van der Waals surface area contributed by atoms with Gasteiger partial charge < -0.3 is 0 Å². The summed E-state index contributed by atoms with van der Waals surface area (Å²) in [6.45, 7) is -0.126. The van der Waals surface area contributed by atoms with Crippen molar-refractivity contribution >= 4 is 35.8 Å². The predicted molar refractivity (Wildman–Crippen MR) is 68.2 cm³/mol. The molecule has 1 aromatic heterocycles. The first kappa shape index (κ1) is 15.5. The van der Waals surface area contributed by atoms with Gasteiger partial charge in [0.05, 0.1) is 5.75 Å². The number of sulfone groups is 1. The lowest BCUT2D eigenvalue weighted by atomic mass is 10.8. The van der Waals surface area contributed by atoms with Crippen LogP contribution in [0, 0.1) is 0 Å². The summed E-state index contributed by atoms with van der Waals surface area (Å²) < 4.78 is 48.5. The van der Waals surface area contributed by atoms with E-state index in [1.54, 1.807) is 0 Å². The zero-order valence-corrected chi connectivity index (χ0v) is 13.2. The van der Waals surface area contributed by atoms with Crippen LogP contribution < -0.4 is 0 Å². The number of hydrogen-bond donors (Lipinski definition) is 0. The fraction of sp³-hybridized carbons (Fsp3) is 0.714. The maximum Gasteiger partial charge on any atom is 0.262 e. The number of aryl methyl sites for hydroxylation is 1. The van der Waals surface area contributed by atoms with E-state index in [9.17, 15) is 16.8 Å². The lowest BCUT2D eigenvalue weighted by molar-refractivity contribution is 0.473. The number of hydrogen-bond acceptors (Lipinski definition) is 6. The number of halogens is 1. The molecule has 0 aliphatic heterocycles. The van der Waals surface area contributed by atoms with Gasteiger partial charge in [0.2, 0.25) is 5.03 Å². The molecule has 1 rings (SSSR count). The van der Waals surface area contributed by atoms with E-state index in [0.717, 1.165) is 15.2 Å². The molecule has 11 heteroatoms. The SMILES string of the molecule is CN(CCS(C)(=O)=O)S(=O)(=O)c1c(Br)nnn1C. The molecule has 0 saturated carbocycles. The van der Waals surface area contributed by atoms with Crippen LogP contribution in [0.15, 0.2) is 9.63 Å². The van der Waals surface area contributed by atoms with Crippen molar-refractivity contribution in [3.05, 3.63) is 4.60 Å². The summed E-state index contributed by atoms with van der Waals surface area (Å²) in [7, 11) is -4.30. The van der Waals surface area contributed by atoms with Crippen molar-refractivity contribution in [1.29, 1.82) is 0 Å². The van der Waals surface area contributed by atoms with E-state index in [1.165, 1.54) is 14.1 Å². The van der Waals surface area contributed by atoms with Crippen molar-refractivity contribution in [1.82, 2.24) is 19.3 Å². The Balaban J connectivity index is 3.01. The first-order valence-electron chi connectivity index (χ1n) is 4.75. The Bertz CT molecular complexity index is 617. The maximum atomic E-state index is 12.2. The van der Waals surface area contributed by atoms with Gasteiger partial charge in [0, 0.05) is 26.9 Å². The molecule has 104 valence electrons. The van der Waals surface area contributed by atoms with Crippen molar-refractivity contribution in [3.63, 3.8) is 0 Å². The van der Waals surface area contributed by atoms with Gasteiger partial charge in [-0.1, -0.05) is 5.21 Å². The molecule has 1 heterocycles. The van der Waals surface area contributed by atoms with E-state index in [0.29, 0.717) is 0 Å². The van der Waals surface area contributed by atoms with E-state index in [4.69, 9.17) is 0 Å². The van der Waals surface area contributed by atoms with Gasteiger partial charge in [-0.05, 0) is 15.9 Å². The van der Waals surface area contributed by atoms with Crippen LogP contribution in [0.5, 0.6) is 0 Å². The maximum absolute atomic E-state index is 12.2.